The van der Waals surface area contributed by atoms with Gasteiger partial charge in [0.25, 0.3) is 0 Å². The number of nitrogens with one attached hydrogen (secondary N) is 1. The average molecular weight is 318 g/mol. The van der Waals surface area contributed by atoms with Crippen LogP contribution in [0.4, 0.5) is 10.8 Å². The number of amides is 2. The normalized spacial score (nSPS) is 17.6. The third-order valence-electron chi connectivity index (χ3n) is 3.46. The lowest BCUT2D eigenvalue weighted by atomic mass is 10.1. The van der Waals surface area contributed by atoms with Gasteiger partial charge in [0, 0.05) is 13.0 Å². The Bertz CT molecular complexity index is 689. The van der Waals surface area contributed by atoms with Crippen molar-refractivity contribution in [2.75, 3.05) is 23.9 Å². The minimum absolute atomic E-state index is 0.0955. The molecule has 0 aliphatic carbocycles. The number of methoxy groups -OCH3 is 1. The van der Waals surface area contributed by atoms with Crippen LogP contribution in [0.5, 0.6) is 5.75 Å². The Hall–Kier alpha value is -2.48. The molecule has 0 unspecified atom stereocenters. The number of anilines is 2. The van der Waals surface area contributed by atoms with Crippen LogP contribution >= 0.6 is 11.3 Å². The smallest absolute Gasteiger partial charge is 0.231 e. The summed E-state index contributed by atoms with van der Waals surface area (Å²) in [4.78, 5) is 26.0. The fourth-order valence-corrected chi connectivity index (χ4v) is 2.85. The van der Waals surface area contributed by atoms with Crippen LogP contribution in [-0.4, -0.2) is 35.7 Å². The lowest BCUT2D eigenvalue weighted by molar-refractivity contribution is -0.122. The van der Waals surface area contributed by atoms with E-state index in [9.17, 15) is 9.59 Å². The van der Waals surface area contributed by atoms with E-state index in [-0.39, 0.29) is 18.2 Å². The number of carbonyl (C=O) groups is 2. The van der Waals surface area contributed by atoms with Crippen LogP contribution in [0.3, 0.4) is 0 Å². The lowest BCUT2D eigenvalue weighted by Gasteiger charge is -2.19. The molecule has 0 spiro atoms. The van der Waals surface area contributed by atoms with Gasteiger partial charge in [-0.3, -0.25) is 9.59 Å². The summed E-state index contributed by atoms with van der Waals surface area (Å²) in [5.74, 6) is -0.119. The molecule has 8 heteroatoms. The van der Waals surface area contributed by atoms with E-state index in [1.165, 1.54) is 16.8 Å². The third-order valence-corrected chi connectivity index (χ3v) is 4.07. The van der Waals surface area contributed by atoms with Gasteiger partial charge in [-0.15, -0.1) is 10.2 Å². The molecule has 2 aromatic rings. The van der Waals surface area contributed by atoms with Gasteiger partial charge in [-0.2, -0.15) is 0 Å². The maximum atomic E-state index is 12.2. The van der Waals surface area contributed by atoms with Gasteiger partial charge in [0.2, 0.25) is 16.9 Å². The Morgan fingerprint density at radius 2 is 2.27 bits per heavy atom. The predicted molar refractivity (Wildman–Crippen MR) is 82.0 cm³/mol. The molecular formula is C14H14N4O3S. The highest BCUT2D eigenvalue weighted by Gasteiger charge is 2.36. The Labute approximate surface area is 130 Å². The molecule has 7 nitrogen and oxygen atoms in total. The second kappa shape index (κ2) is 6.10. The number of para-hydroxylation sites is 2. The highest BCUT2D eigenvalue weighted by Crippen LogP contribution is 2.33. The highest BCUT2D eigenvalue weighted by molar-refractivity contribution is 7.13. The second-order valence-corrected chi connectivity index (χ2v) is 5.64. The molecule has 0 bridgehead atoms. The summed E-state index contributed by atoms with van der Waals surface area (Å²) in [6.45, 7) is 0.323. The number of hydrogen-bond donors (Lipinski definition) is 1. The molecular weight excluding hydrogens is 304 g/mol. The molecule has 1 fully saturated rings. The van der Waals surface area contributed by atoms with E-state index < -0.39 is 5.92 Å². The van der Waals surface area contributed by atoms with Crippen LogP contribution < -0.4 is 15.0 Å². The van der Waals surface area contributed by atoms with Crippen molar-refractivity contribution in [3.8, 4) is 5.75 Å². The number of ether oxygens (including phenoxy) is 1. The van der Waals surface area contributed by atoms with Gasteiger partial charge >= 0.3 is 0 Å². The summed E-state index contributed by atoms with van der Waals surface area (Å²) in [6, 6.07) is 7.27. The van der Waals surface area contributed by atoms with Gasteiger partial charge in [-0.05, 0) is 12.1 Å². The van der Waals surface area contributed by atoms with Gasteiger partial charge in [0.1, 0.15) is 11.3 Å². The molecule has 1 saturated heterocycles. The number of hydrogen-bond acceptors (Lipinski definition) is 6. The summed E-state index contributed by atoms with van der Waals surface area (Å²) in [5, 5.41) is 10.6. The number of benzene rings is 1. The van der Waals surface area contributed by atoms with Crippen molar-refractivity contribution in [1.82, 2.24) is 10.2 Å². The maximum Gasteiger partial charge on any atom is 0.231 e. The van der Waals surface area contributed by atoms with E-state index in [1.807, 2.05) is 18.2 Å². The van der Waals surface area contributed by atoms with Crippen molar-refractivity contribution in [2.45, 2.75) is 6.42 Å². The van der Waals surface area contributed by atoms with E-state index >= 15 is 0 Å². The van der Waals surface area contributed by atoms with Crippen molar-refractivity contribution < 1.29 is 14.3 Å². The summed E-state index contributed by atoms with van der Waals surface area (Å²) in [6.07, 6.45) is 0.169. The first-order valence-corrected chi connectivity index (χ1v) is 7.57. The molecule has 1 aliphatic heterocycles. The van der Waals surface area contributed by atoms with Crippen LogP contribution in [0, 0.1) is 5.92 Å². The highest BCUT2D eigenvalue weighted by atomic mass is 32.1. The molecule has 2 amide bonds. The molecule has 1 N–H and O–H groups in total. The van der Waals surface area contributed by atoms with Gasteiger partial charge in [-0.1, -0.05) is 23.5 Å². The molecule has 22 heavy (non-hydrogen) atoms. The van der Waals surface area contributed by atoms with Crippen molar-refractivity contribution >= 4 is 34.0 Å². The van der Waals surface area contributed by atoms with Gasteiger partial charge < -0.3 is 15.0 Å². The number of carbonyl (C=O) groups excluding carboxylic acids is 2. The molecule has 114 valence electrons. The van der Waals surface area contributed by atoms with Crippen LogP contribution in [0.25, 0.3) is 0 Å². The summed E-state index contributed by atoms with van der Waals surface area (Å²) in [5.41, 5.74) is 2.22. The zero-order valence-corrected chi connectivity index (χ0v) is 12.7. The second-order valence-electron chi connectivity index (χ2n) is 4.81. The molecule has 3 rings (SSSR count). The number of rotatable bonds is 4. The fourth-order valence-electron chi connectivity index (χ4n) is 2.40. The lowest BCUT2D eigenvalue weighted by Crippen LogP contribution is -2.28. The minimum atomic E-state index is -0.415. The first-order chi connectivity index (χ1) is 10.7. The molecule has 0 radical (unpaired) electrons. The average Bonchev–Trinajstić information content (AvgIpc) is 3.16. The third kappa shape index (κ3) is 2.77. The molecule has 1 aliphatic rings. The summed E-state index contributed by atoms with van der Waals surface area (Å²) in [7, 11) is 1.55. The number of aromatic nitrogens is 2. The van der Waals surface area contributed by atoms with Gasteiger partial charge in [-0.25, -0.2) is 0 Å². The van der Waals surface area contributed by atoms with Crippen LogP contribution in [0.1, 0.15) is 6.42 Å². The Balaban J connectivity index is 1.74. The topological polar surface area (TPSA) is 84.4 Å². The van der Waals surface area contributed by atoms with Crippen molar-refractivity contribution in [1.29, 1.82) is 0 Å². The minimum Gasteiger partial charge on any atom is -0.495 e. The molecule has 1 aromatic carbocycles. The number of nitrogens with zero attached hydrogens (tertiary/aromatic N) is 3. The maximum absolute atomic E-state index is 12.2. The van der Waals surface area contributed by atoms with E-state index in [0.717, 1.165) is 0 Å². The summed E-state index contributed by atoms with van der Waals surface area (Å²) >= 11 is 1.24. The van der Waals surface area contributed by atoms with Crippen LogP contribution in [0.2, 0.25) is 0 Å². The molecule has 0 saturated carbocycles. The van der Waals surface area contributed by atoms with E-state index in [1.54, 1.807) is 18.1 Å². The van der Waals surface area contributed by atoms with Gasteiger partial charge in [0.05, 0.1) is 18.7 Å². The Kier molecular flexibility index (Phi) is 4.01. The fraction of sp³-hybridized carbons (Fsp3) is 0.286. The molecule has 2 heterocycles. The van der Waals surface area contributed by atoms with Crippen molar-refractivity contribution in [2.24, 2.45) is 5.92 Å². The zero-order valence-electron chi connectivity index (χ0n) is 11.9. The van der Waals surface area contributed by atoms with Crippen molar-refractivity contribution in [3.05, 3.63) is 29.8 Å². The van der Waals surface area contributed by atoms with Gasteiger partial charge in [0.15, 0.2) is 0 Å². The quantitative estimate of drug-likeness (QED) is 0.924. The molecule has 1 aromatic heterocycles. The van der Waals surface area contributed by atoms with E-state index in [2.05, 4.69) is 15.5 Å². The van der Waals surface area contributed by atoms with Crippen LogP contribution in [-0.2, 0) is 9.59 Å². The first-order valence-electron chi connectivity index (χ1n) is 6.69. The Morgan fingerprint density at radius 1 is 1.45 bits per heavy atom. The standard InChI is InChI=1S/C14H14N4O3S/c1-21-11-5-3-2-4-10(11)18-7-9(6-12(18)19)13(20)16-14-17-15-8-22-14/h2-5,8-9H,6-7H2,1H3,(H,16,17,20)/t9-/m1/s1. The SMILES string of the molecule is COc1ccccc1N1C[C@H](C(=O)Nc2nncs2)CC1=O. The van der Waals surface area contributed by atoms with Crippen molar-refractivity contribution in [3.63, 3.8) is 0 Å². The monoisotopic (exact) mass is 318 g/mol. The first kappa shape index (κ1) is 14.5. The predicted octanol–water partition coefficient (Wildman–Crippen LogP) is 1.54. The van der Waals surface area contributed by atoms with E-state index in [0.29, 0.717) is 23.1 Å². The van der Waals surface area contributed by atoms with Crippen LogP contribution in [0.15, 0.2) is 29.8 Å². The Morgan fingerprint density at radius 3 is 3.00 bits per heavy atom. The summed E-state index contributed by atoms with van der Waals surface area (Å²) < 4.78 is 5.28. The van der Waals surface area contributed by atoms with E-state index in [4.69, 9.17) is 4.74 Å². The zero-order chi connectivity index (χ0) is 15.5. The molecule has 1 atom stereocenters. The largest absolute Gasteiger partial charge is 0.495 e.